The number of rotatable bonds is 4. The fourth-order valence-corrected chi connectivity index (χ4v) is 3.03. The van der Waals surface area contributed by atoms with Gasteiger partial charge in [-0.3, -0.25) is 4.79 Å². The van der Waals surface area contributed by atoms with Crippen molar-refractivity contribution in [3.05, 3.63) is 60.9 Å². The molecule has 0 radical (unpaired) electrons. The predicted octanol–water partition coefficient (Wildman–Crippen LogP) is 5.11. The van der Waals surface area contributed by atoms with E-state index in [9.17, 15) is 4.79 Å². The Morgan fingerprint density at radius 2 is 1.70 bits per heavy atom. The number of aryl methyl sites for hydroxylation is 2. The summed E-state index contributed by atoms with van der Waals surface area (Å²) in [5.74, 6) is 1.04. The molecule has 3 aromatic rings. The van der Waals surface area contributed by atoms with Crippen LogP contribution in [0.2, 0.25) is 15.1 Å². The van der Waals surface area contributed by atoms with Gasteiger partial charge in [-0.15, -0.1) is 0 Å². The Hall–Kier alpha value is -1.80. The lowest BCUT2D eigenvalue weighted by Gasteiger charge is -2.11. The van der Waals surface area contributed by atoms with Gasteiger partial charge in [0.15, 0.2) is 11.0 Å². The second kappa shape index (κ2) is 8.06. The summed E-state index contributed by atoms with van der Waals surface area (Å²) in [5, 5.41) is 5.01. The first-order valence-corrected chi connectivity index (χ1v) is 9.97. The van der Waals surface area contributed by atoms with E-state index in [1.807, 2.05) is 20.1 Å². The standard InChI is InChI=1S/C17H13Cl3N4O2S/c1-8-4-10(5-9(2)14(8)19)26-13-6-12(22-17(23-13)27-3)24-16(25)15(20)11(18)7-21-24/h4-7H,1-3H3. The van der Waals surface area contributed by atoms with Crippen LogP contribution in [0.3, 0.4) is 0 Å². The zero-order chi connectivity index (χ0) is 19.7. The van der Waals surface area contributed by atoms with Crippen LogP contribution in [0.1, 0.15) is 11.1 Å². The number of ether oxygens (including phenoxy) is 1. The summed E-state index contributed by atoms with van der Waals surface area (Å²) in [7, 11) is 0. The van der Waals surface area contributed by atoms with Gasteiger partial charge in [0.25, 0.3) is 5.56 Å². The summed E-state index contributed by atoms with van der Waals surface area (Å²) in [6, 6.07) is 5.11. The van der Waals surface area contributed by atoms with E-state index < -0.39 is 5.56 Å². The van der Waals surface area contributed by atoms with E-state index in [1.165, 1.54) is 24.0 Å². The molecule has 0 unspecified atom stereocenters. The van der Waals surface area contributed by atoms with Crippen LogP contribution in [-0.4, -0.2) is 26.0 Å². The number of hydrogen-bond donors (Lipinski definition) is 0. The second-order valence-electron chi connectivity index (χ2n) is 5.55. The van der Waals surface area contributed by atoms with Crippen molar-refractivity contribution in [3.63, 3.8) is 0 Å². The highest BCUT2D eigenvalue weighted by atomic mass is 35.5. The molecule has 0 spiro atoms. The molecule has 0 N–H and O–H groups in total. The number of benzene rings is 1. The van der Waals surface area contributed by atoms with Gasteiger partial charge in [0, 0.05) is 11.1 Å². The van der Waals surface area contributed by atoms with Crippen LogP contribution in [-0.2, 0) is 0 Å². The van der Waals surface area contributed by atoms with Crippen LogP contribution in [0.4, 0.5) is 0 Å². The van der Waals surface area contributed by atoms with E-state index in [2.05, 4.69) is 15.1 Å². The number of aromatic nitrogens is 4. The van der Waals surface area contributed by atoms with Crippen LogP contribution in [0, 0.1) is 13.8 Å². The maximum absolute atomic E-state index is 12.3. The van der Waals surface area contributed by atoms with Crippen molar-refractivity contribution >= 4 is 46.6 Å². The van der Waals surface area contributed by atoms with Gasteiger partial charge in [0.2, 0.25) is 5.88 Å². The van der Waals surface area contributed by atoms with Crippen molar-refractivity contribution in [1.29, 1.82) is 0 Å². The molecule has 0 atom stereocenters. The van der Waals surface area contributed by atoms with Crippen LogP contribution in [0.25, 0.3) is 5.82 Å². The molecule has 0 bridgehead atoms. The van der Waals surface area contributed by atoms with Gasteiger partial charge in [-0.2, -0.15) is 14.8 Å². The van der Waals surface area contributed by atoms with Gasteiger partial charge in [0.1, 0.15) is 10.8 Å². The molecule has 2 aromatic heterocycles. The average molecular weight is 444 g/mol. The quantitative estimate of drug-likeness (QED) is 0.412. The lowest BCUT2D eigenvalue weighted by Crippen LogP contribution is -2.22. The number of thioether (sulfide) groups is 1. The topological polar surface area (TPSA) is 69.9 Å². The molecule has 0 aliphatic carbocycles. The molecule has 0 aliphatic rings. The van der Waals surface area contributed by atoms with Gasteiger partial charge >= 0.3 is 0 Å². The number of hydrogen-bond acceptors (Lipinski definition) is 6. The van der Waals surface area contributed by atoms with E-state index in [0.29, 0.717) is 15.9 Å². The van der Waals surface area contributed by atoms with E-state index >= 15 is 0 Å². The van der Waals surface area contributed by atoms with Crippen molar-refractivity contribution in [1.82, 2.24) is 19.7 Å². The van der Waals surface area contributed by atoms with Crippen molar-refractivity contribution in [2.24, 2.45) is 0 Å². The Labute approximate surface area is 174 Å². The summed E-state index contributed by atoms with van der Waals surface area (Å²) >= 11 is 19.3. The van der Waals surface area contributed by atoms with E-state index in [0.717, 1.165) is 15.8 Å². The maximum atomic E-state index is 12.3. The van der Waals surface area contributed by atoms with Gasteiger partial charge < -0.3 is 4.74 Å². The van der Waals surface area contributed by atoms with Crippen molar-refractivity contribution < 1.29 is 4.74 Å². The first-order chi connectivity index (χ1) is 12.8. The molecule has 10 heteroatoms. The van der Waals surface area contributed by atoms with Crippen molar-refractivity contribution in [3.8, 4) is 17.4 Å². The van der Waals surface area contributed by atoms with Gasteiger partial charge in [-0.25, -0.2) is 4.98 Å². The molecule has 3 rings (SSSR count). The Morgan fingerprint density at radius 3 is 2.33 bits per heavy atom. The predicted molar refractivity (Wildman–Crippen MR) is 108 cm³/mol. The van der Waals surface area contributed by atoms with E-state index in [4.69, 9.17) is 39.5 Å². The number of nitrogens with zero attached hydrogens (tertiary/aromatic N) is 4. The third-order valence-corrected chi connectivity index (χ3v) is 5.47. The summed E-state index contributed by atoms with van der Waals surface area (Å²) < 4.78 is 6.91. The highest BCUT2D eigenvalue weighted by Gasteiger charge is 2.14. The zero-order valence-electron chi connectivity index (χ0n) is 14.5. The lowest BCUT2D eigenvalue weighted by molar-refractivity contribution is 0.453. The van der Waals surface area contributed by atoms with Crippen molar-refractivity contribution in [2.45, 2.75) is 19.0 Å². The second-order valence-corrected chi connectivity index (χ2v) is 7.48. The Kier molecular flexibility index (Phi) is 5.95. The minimum atomic E-state index is -0.584. The minimum absolute atomic E-state index is 0.0700. The van der Waals surface area contributed by atoms with E-state index in [1.54, 1.807) is 12.1 Å². The third-order valence-electron chi connectivity index (χ3n) is 3.58. The normalized spacial score (nSPS) is 10.9. The summed E-state index contributed by atoms with van der Waals surface area (Å²) in [5.41, 5.74) is 1.18. The molecule has 0 amide bonds. The molecule has 140 valence electrons. The molecule has 0 fully saturated rings. The molecule has 27 heavy (non-hydrogen) atoms. The highest BCUT2D eigenvalue weighted by molar-refractivity contribution is 7.98. The Balaban J connectivity index is 2.07. The van der Waals surface area contributed by atoms with Crippen LogP contribution < -0.4 is 10.3 Å². The summed E-state index contributed by atoms with van der Waals surface area (Å²) in [6.45, 7) is 3.78. The minimum Gasteiger partial charge on any atom is -0.439 e. The van der Waals surface area contributed by atoms with Gasteiger partial charge in [-0.05, 0) is 43.4 Å². The Bertz CT molecular complexity index is 1070. The smallest absolute Gasteiger partial charge is 0.293 e. The molecule has 0 saturated carbocycles. The maximum Gasteiger partial charge on any atom is 0.293 e. The zero-order valence-corrected chi connectivity index (χ0v) is 17.5. The SMILES string of the molecule is CSc1nc(Oc2cc(C)c(Cl)c(C)c2)cc(-n2ncc(Cl)c(Cl)c2=O)n1. The molecule has 6 nitrogen and oxygen atoms in total. The van der Waals surface area contributed by atoms with Crippen LogP contribution in [0.5, 0.6) is 11.6 Å². The first kappa shape index (κ1) is 19.9. The lowest BCUT2D eigenvalue weighted by atomic mass is 10.1. The number of halogens is 3. The first-order valence-electron chi connectivity index (χ1n) is 7.61. The molecule has 1 aromatic carbocycles. The molecular weight excluding hydrogens is 431 g/mol. The largest absolute Gasteiger partial charge is 0.439 e. The average Bonchev–Trinajstić information content (AvgIpc) is 2.64. The van der Waals surface area contributed by atoms with Gasteiger partial charge in [0.05, 0.1) is 11.2 Å². The van der Waals surface area contributed by atoms with Crippen LogP contribution >= 0.6 is 46.6 Å². The molecule has 2 heterocycles. The molecular formula is C17H13Cl3N4O2S. The summed E-state index contributed by atoms with van der Waals surface area (Å²) in [4.78, 5) is 21.0. The third kappa shape index (κ3) is 4.21. The van der Waals surface area contributed by atoms with Gasteiger partial charge in [-0.1, -0.05) is 46.6 Å². The Morgan fingerprint density at radius 1 is 1.04 bits per heavy atom. The molecule has 0 aliphatic heterocycles. The highest BCUT2D eigenvalue weighted by Crippen LogP contribution is 2.29. The van der Waals surface area contributed by atoms with E-state index in [-0.39, 0.29) is 21.7 Å². The fraction of sp³-hybridized carbons (Fsp3) is 0.176. The molecule has 0 saturated heterocycles. The monoisotopic (exact) mass is 442 g/mol. The fourth-order valence-electron chi connectivity index (χ4n) is 2.31. The summed E-state index contributed by atoms with van der Waals surface area (Å²) in [6.07, 6.45) is 3.09. The van der Waals surface area contributed by atoms with Crippen molar-refractivity contribution in [2.75, 3.05) is 6.26 Å². The van der Waals surface area contributed by atoms with Crippen LogP contribution in [0.15, 0.2) is 34.3 Å².